The number of halogens is 2. The third kappa shape index (κ3) is 4.57. The number of nitrogens with zero attached hydrogens (tertiary/aromatic N) is 1. The maximum absolute atomic E-state index is 13.4. The van der Waals surface area contributed by atoms with Gasteiger partial charge >= 0.3 is 0 Å². The summed E-state index contributed by atoms with van der Waals surface area (Å²) in [6.45, 7) is 0.0481. The topological polar surface area (TPSA) is 102 Å². The number of hydrogen-bond donors (Lipinski definition) is 2. The van der Waals surface area contributed by atoms with E-state index < -0.39 is 22.7 Å². The van der Waals surface area contributed by atoms with Crippen LogP contribution in [0.15, 0.2) is 53.5 Å². The second-order valence-corrected chi connectivity index (χ2v) is 8.00. The number of pyridine rings is 1. The smallest absolute Gasteiger partial charge is 0.250 e. The molecule has 0 saturated carbocycles. The average molecular weight is 449 g/mol. The third-order valence-electron chi connectivity index (χ3n) is 4.62. The first kappa shape index (κ1) is 22.0. The summed E-state index contributed by atoms with van der Waals surface area (Å²) < 4.78 is 35.3. The number of benzene rings is 2. The molecule has 9 heteroatoms. The van der Waals surface area contributed by atoms with Gasteiger partial charge in [-0.3, -0.25) is 9.59 Å². The molecule has 1 atom stereocenters. The fraction of sp³-hybridized carbons (Fsp3) is 0.143. The van der Waals surface area contributed by atoms with Crippen molar-refractivity contribution in [2.75, 3.05) is 0 Å². The second-order valence-electron chi connectivity index (χ2n) is 6.66. The maximum atomic E-state index is 13.4. The summed E-state index contributed by atoms with van der Waals surface area (Å²) in [4.78, 5) is 25.3. The Hall–Kier alpha value is -2.65. The minimum atomic E-state index is -2.08. The molecule has 0 amide bonds. The molecule has 0 aliphatic rings. The van der Waals surface area contributed by atoms with Crippen LogP contribution in [-0.2, 0) is 30.4 Å². The Labute approximate surface area is 179 Å². The molecule has 1 aromatic heterocycles. The summed E-state index contributed by atoms with van der Waals surface area (Å²) in [6.07, 6.45) is 1.56. The molecule has 2 aromatic carbocycles. The number of carbonyl (C=O) groups is 1. The molecule has 30 heavy (non-hydrogen) atoms. The Balaban J connectivity index is 2.27. The highest BCUT2D eigenvalue weighted by atomic mass is 35.5. The van der Waals surface area contributed by atoms with Gasteiger partial charge in [-0.05, 0) is 41.0 Å². The minimum Gasteiger partial charge on any atom is -0.326 e. The van der Waals surface area contributed by atoms with Crippen molar-refractivity contribution in [3.8, 4) is 11.1 Å². The van der Waals surface area contributed by atoms with Crippen molar-refractivity contribution in [2.24, 2.45) is 12.8 Å². The van der Waals surface area contributed by atoms with Crippen LogP contribution in [-0.4, -0.2) is 19.1 Å². The van der Waals surface area contributed by atoms with Crippen LogP contribution in [0.3, 0.4) is 0 Å². The van der Waals surface area contributed by atoms with Crippen molar-refractivity contribution in [2.45, 2.75) is 12.3 Å². The van der Waals surface area contributed by atoms with Gasteiger partial charge in [0.2, 0.25) is 0 Å². The minimum absolute atomic E-state index is 0.0361. The van der Waals surface area contributed by atoms with Gasteiger partial charge in [-0.1, -0.05) is 23.7 Å². The van der Waals surface area contributed by atoms with E-state index in [-0.39, 0.29) is 34.0 Å². The van der Waals surface area contributed by atoms with Crippen LogP contribution in [0.2, 0.25) is 5.02 Å². The molecule has 0 saturated heterocycles. The molecule has 0 spiro atoms. The lowest BCUT2D eigenvalue weighted by Crippen LogP contribution is -2.18. The van der Waals surface area contributed by atoms with E-state index in [2.05, 4.69) is 0 Å². The molecular weight excluding hydrogens is 431 g/mol. The molecule has 6 nitrogen and oxygen atoms in total. The van der Waals surface area contributed by atoms with E-state index in [0.29, 0.717) is 22.3 Å². The molecule has 0 aliphatic carbocycles. The molecule has 0 fully saturated rings. The van der Waals surface area contributed by atoms with Crippen LogP contribution in [0.4, 0.5) is 4.39 Å². The standard InChI is InChI=1S/C21H18ClFN2O4S/c1-25-10-18(13(9-24)7-20(25)26)17-6-12(11-30(28)29)2-4-15(17)21(27)16-5-3-14(23)8-19(16)22/h2-8,10H,9,11,24H2,1H3,(H,28,29). The van der Waals surface area contributed by atoms with Gasteiger partial charge in [-0.25, -0.2) is 8.60 Å². The fourth-order valence-corrected chi connectivity index (χ4v) is 3.86. The van der Waals surface area contributed by atoms with Gasteiger partial charge in [0.1, 0.15) is 5.82 Å². The number of rotatable bonds is 6. The van der Waals surface area contributed by atoms with Crippen molar-refractivity contribution in [3.05, 3.63) is 92.1 Å². The lowest BCUT2D eigenvalue weighted by Gasteiger charge is -2.16. The third-order valence-corrected chi connectivity index (χ3v) is 5.51. The van der Waals surface area contributed by atoms with Crippen molar-refractivity contribution >= 4 is 28.5 Å². The Morgan fingerprint density at radius 1 is 1.17 bits per heavy atom. The highest BCUT2D eigenvalue weighted by molar-refractivity contribution is 7.78. The Morgan fingerprint density at radius 2 is 1.87 bits per heavy atom. The number of nitrogens with two attached hydrogens (primary N) is 1. The predicted octanol–water partition coefficient (Wildman–Crippen LogP) is 3.26. The average Bonchev–Trinajstić information content (AvgIpc) is 2.68. The first-order valence-electron chi connectivity index (χ1n) is 8.81. The molecule has 3 N–H and O–H groups in total. The molecule has 0 radical (unpaired) electrons. The van der Waals surface area contributed by atoms with E-state index in [1.165, 1.54) is 22.8 Å². The Kier molecular flexibility index (Phi) is 6.62. The zero-order chi connectivity index (χ0) is 22.0. The van der Waals surface area contributed by atoms with Gasteiger partial charge in [0.05, 0.1) is 10.8 Å². The number of ketones is 1. The molecule has 1 heterocycles. The molecular formula is C21H18ClFN2O4S. The van der Waals surface area contributed by atoms with Crippen molar-refractivity contribution in [1.82, 2.24) is 4.57 Å². The highest BCUT2D eigenvalue weighted by Crippen LogP contribution is 2.31. The van der Waals surface area contributed by atoms with E-state index >= 15 is 0 Å². The maximum Gasteiger partial charge on any atom is 0.250 e. The van der Waals surface area contributed by atoms with Crippen LogP contribution in [0.25, 0.3) is 11.1 Å². The van der Waals surface area contributed by atoms with E-state index in [1.54, 1.807) is 25.4 Å². The summed E-state index contributed by atoms with van der Waals surface area (Å²) in [5.74, 6) is -1.16. The van der Waals surface area contributed by atoms with Gasteiger partial charge in [0, 0.05) is 42.5 Å². The highest BCUT2D eigenvalue weighted by Gasteiger charge is 2.20. The molecule has 3 aromatic rings. The molecule has 1 unspecified atom stereocenters. The fourth-order valence-electron chi connectivity index (χ4n) is 3.14. The van der Waals surface area contributed by atoms with E-state index in [0.717, 1.165) is 12.1 Å². The van der Waals surface area contributed by atoms with Crippen LogP contribution in [0, 0.1) is 5.82 Å². The zero-order valence-corrected chi connectivity index (χ0v) is 17.5. The summed E-state index contributed by atoms with van der Waals surface area (Å²) >= 11 is 3.99. The number of aromatic nitrogens is 1. The van der Waals surface area contributed by atoms with Crippen molar-refractivity contribution in [3.63, 3.8) is 0 Å². The predicted molar refractivity (Wildman–Crippen MR) is 114 cm³/mol. The van der Waals surface area contributed by atoms with Crippen LogP contribution in [0.1, 0.15) is 27.0 Å². The quantitative estimate of drug-likeness (QED) is 0.445. The zero-order valence-electron chi connectivity index (χ0n) is 15.9. The lowest BCUT2D eigenvalue weighted by atomic mass is 9.91. The molecule has 156 valence electrons. The van der Waals surface area contributed by atoms with E-state index in [1.807, 2.05) is 0 Å². The summed E-state index contributed by atoms with van der Waals surface area (Å²) in [7, 11) is 1.57. The number of hydrogen-bond acceptors (Lipinski definition) is 4. The lowest BCUT2D eigenvalue weighted by molar-refractivity contribution is 0.103. The SMILES string of the molecule is Cn1cc(-c2cc(CS(=O)O)ccc2C(=O)c2ccc(F)cc2Cl)c(CN)cc1=O. The van der Waals surface area contributed by atoms with Crippen molar-refractivity contribution in [1.29, 1.82) is 0 Å². The monoisotopic (exact) mass is 448 g/mol. The Bertz CT molecular complexity index is 1230. The summed E-state index contributed by atoms with van der Waals surface area (Å²) in [5, 5.41) is -0.0361. The van der Waals surface area contributed by atoms with Gasteiger partial charge in [0.25, 0.3) is 5.56 Å². The van der Waals surface area contributed by atoms with Gasteiger partial charge in [-0.15, -0.1) is 0 Å². The second kappa shape index (κ2) is 9.01. The van der Waals surface area contributed by atoms with E-state index in [4.69, 9.17) is 17.3 Å². The summed E-state index contributed by atoms with van der Waals surface area (Å²) in [6, 6.07) is 9.56. The Morgan fingerprint density at radius 3 is 2.50 bits per heavy atom. The largest absolute Gasteiger partial charge is 0.326 e. The number of carbonyl (C=O) groups excluding carboxylic acids is 1. The molecule has 0 aliphatic heterocycles. The first-order chi connectivity index (χ1) is 14.2. The number of aryl methyl sites for hydroxylation is 1. The van der Waals surface area contributed by atoms with Gasteiger partial charge in [0.15, 0.2) is 16.9 Å². The first-order valence-corrected chi connectivity index (χ1v) is 10.5. The normalized spacial score (nSPS) is 12.0. The van der Waals surface area contributed by atoms with E-state index in [9.17, 15) is 22.7 Å². The van der Waals surface area contributed by atoms with Crippen LogP contribution in [0.5, 0.6) is 0 Å². The van der Waals surface area contributed by atoms with Crippen LogP contribution >= 0.6 is 11.6 Å². The van der Waals surface area contributed by atoms with Crippen molar-refractivity contribution < 1.29 is 17.9 Å². The van der Waals surface area contributed by atoms with Crippen LogP contribution < -0.4 is 11.3 Å². The summed E-state index contributed by atoms with van der Waals surface area (Å²) in [5.41, 5.74) is 7.90. The van der Waals surface area contributed by atoms with Gasteiger partial charge in [-0.2, -0.15) is 0 Å². The molecule has 0 bridgehead atoms. The van der Waals surface area contributed by atoms with Gasteiger partial charge < -0.3 is 14.9 Å². The molecule has 3 rings (SSSR count).